The zero-order chi connectivity index (χ0) is 26.6. The predicted octanol–water partition coefficient (Wildman–Crippen LogP) is 5.81. The van der Waals surface area contributed by atoms with E-state index in [1.54, 1.807) is 18.2 Å². The Bertz CT molecular complexity index is 1290. The van der Waals surface area contributed by atoms with Gasteiger partial charge in [0.2, 0.25) is 0 Å². The lowest BCUT2D eigenvalue weighted by Gasteiger charge is -2.27. The summed E-state index contributed by atoms with van der Waals surface area (Å²) < 4.78 is 20.5. The number of benzene rings is 2. The smallest absolute Gasteiger partial charge is 0.259 e. The molecule has 1 aliphatic heterocycles. The summed E-state index contributed by atoms with van der Waals surface area (Å²) in [5.41, 5.74) is 1.30. The Kier molecular flexibility index (Phi) is 8.10. The van der Waals surface area contributed by atoms with Crippen LogP contribution in [0.2, 0.25) is 5.02 Å². The summed E-state index contributed by atoms with van der Waals surface area (Å²) in [7, 11) is 0. The largest absolute Gasteiger partial charge is 0.489 e. The van der Waals surface area contributed by atoms with Crippen molar-refractivity contribution in [3.63, 3.8) is 0 Å². The first-order valence-electron chi connectivity index (χ1n) is 12.2. The molecule has 0 radical (unpaired) electrons. The van der Waals surface area contributed by atoms with Crippen LogP contribution < -0.4 is 20.7 Å². The monoisotopic (exact) mass is 524 g/mol. The van der Waals surface area contributed by atoms with E-state index in [1.807, 2.05) is 12.1 Å². The highest BCUT2D eigenvalue weighted by atomic mass is 35.5. The molecule has 4 rings (SSSR count). The van der Waals surface area contributed by atoms with Gasteiger partial charge in [-0.25, -0.2) is 9.37 Å². The van der Waals surface area contributed by atoms with Gasteiger partial charge in [0.1, 0.15) is 23.5 Å². The third kappa shape index (κ3) is 6.84. The van der Waals surface area contributed by atoms with Crippen LogP contribution in [0.5, 0.6) is 5.75 Å². The van der Waals surface area contributed by atoms with Gasteiger partial charge in [-0.1, -0.05) is 38.4 Å². The number of anilines is 2. The van der Waals surface area contributed by atoms with Crippen molar-refractivity contribution < 1.29 is 18.7 Å². The van der Waals surface area contributed by atoms with E-state index < -0.39 is 17.6 Å². The number of carbonyl (C=O) groups excluding carboxylic acids is 2. The molecule has 0 unspecified atom stereocenters. The topological polar surface area (TPSA) is 92.4 Å². The van der Waals surface area contributed by atoms with Gasteiger partial charge in [-0.3, -0.25) is 9.59 Å². The highest BCUT2D eigenvalue weighted by molar-refractivity contribution is 6.30. The molecule has 2 heterocycles. The maximum Gasteiger partial charge on any atom is 0.259 e. The van der Waals surface area contributed by atoms with Crippen LogP contribution in [0.1, 0.15) is 59.9 Å². The molecule has 0 spiro atoms. The lowest BCUT2D eigenvalue weighted by atomic mass is 9.86. The Hall–Kier alpha value is -3.49. The van der Waals surface area contributed by atoms with E-state index in [2.05, 4.69) is 41.7 Å². The first-order chi connectivity index (χ1) is 17.6. The number of amides is 2. The first-order valence-corrected chi connectivity index (χ1v) is 12.5. The number of pyridine rings is 1. The fourth-order valence-electron chi connectivity index (χ4n) is 4.01. The van der Waals surface area contributed by atoms with E-state index in [4.69, 9.17) is 16.3 Å². The summed E-state index contributed by atoms with van der Waals surface area (Å²) >= 11 is 5.85. The maximum atomic E-state index is 14.2. The number of rotatable bonds is 6. The lowest BCUT2D eigenvalue weighted by Crippen LogP contribution is -2.34. The van der Waals surface area contributed by atoms with E-state index in [0.717, 1.165) is 43.6 Å². The number of halogens is 2. The number of ether oxygens (including phenoxy) is 1. The van der Waals surface area contributed by atoms with Crippen LogP contribution in [-0.2, 0) is 5.41 Å². The number of piperidine rings is 1. The minimum Gasteiger partial charge on any atom is -0.489 e. The average molecular weight is 525 g/mol. The molecule has 1 aliphatic rings. The Morgan fingerprint density at radius 2 is 1.70 bits per heavy atom. The van der Waals surface area contributed by atoms with Gasteiger partial charge in [-0.05, 0) is 79.4 Å². The van der Waals surface area contributed by atoms with Gasteiger partial charge in [0.05, 0.1) is 21.8 Å². The van der Waals surface area contributed by atoms with Crippen molar-refractivity contribution in [3.05, 3.63) is 82.3 Å². The third-order valence-corrected chi connectivity index (χ3v) is 6.34. The zero-order valence-electron chi connectivity index (χ0n) is 21.0. The minimum atomic E-state index is -0.592. The summed E-state index contributed by atoms with van der Waals surface area (Å²) in [6, 6.07) is 12.2. The molecule has 7 nitrogen and oxygen atoms in total. The van der Waals surface area contributed by atoms with E-state index in [9.17, 15) is 14.0 Å². The summed E-state index contributed by atoms with van der Waals surface area (Å²) in [6.45, 7) is 7.95. The van der Waals surface area contributed by atoms with E-state index in [0.29, 0.717) is 16.3 Å². The first kappa shape index (κ1) is 26.6. The van der Waals surface area contributed by atoms with Crippen molar-refractivity contribution in [3.8, 4) is 5.75 Å². The number of nitrogens with one attached hydrogen (secondary N) is 3. The van der Waals surface area contributed by atoms with Gasteiger partial charge in [-0.2, -0.15) is 0 Å². The van der Waals surface area contributed by atoms with Crippen molar-refractivity contribution >= 4 is 34.9 Å². The Balaban J connectivity index is 1.61. The average Bonchev–Trinajstić information content (AvgIpc) is 2.85. The van der Waals surface area contributed by atoms with Crippen LogP contribution in [0.3, 0.4) is 0 Å². The molecule has 1 fully saturated rings. The van der Waals surface area contributed by atoms with Crippen LogP contribution in [-0.4, -0.2) is 36.0 Å². The number of hydrogen-bond acceptors (Lipinski definition) is 5. The molecule has 1 aromatic heterocycles. The third-order valence-electron chi connectivity index (χ3n) is 6.12. The second kappa shape index (κ2) is 11.3. The van der Waals surface area contributed by atoms with Gasteiger partial charge in [0.25, 0.3) is 11.8 Å². The molecule has 2 amide bonds. The number of hydrogen-bond donors (Lipinski definition) is 3. The highest BCUT2D eigenvalue weighted by Gasteiger charge is 2.24. The maximum absolute atomic E-state index is 14.2. The van der Waals surface area contributed by atoms with Crippen LogP contribution in [0.4, 0.5) is 15.9 Å². The predicted molar refractivity (Wildman–Crippen MR) is 143 cm³/mol. The molecule has 9 heteroatoms. The summed E-state index contributed by atoms with van der Waals surface area (Å²) in [5, 5.41) is 9.07. The van der Waals surface area contributed by atoms with Crippen molar-refractivity contribution in [1.82, 2.24) is 10.3 Å². The van der Waals surface area contributed by atoms with E-state index in [-0.39, 0.29) is 28.6 Å². The SMILES string of the molecule is CC(C)(C)c1ccc(C(=O)Nc2cc(F)ccc2C(=O)Nc2ccc(Cl)cn2)c(OC2CCNCC2)c1. The molecule has 3 N–H and O–H groups in total. The van der Waals surface area contributed by atoms with Gasteiger partial charge in [0, 0.05) is 6.20 Å². The van der Waals surface area contributed by atoms with Crippen LogP contribution >= 0.6 is 11.6 Å². The lowest BCUT2D eigenvalue weighted by molar-refractivity contribution is 0.101. The van der Waals surface area contributed by atoms with E-state index >= 15 is 0 Å². The normalized spacial score (nSPS) is 14.2. The molecular formula is C28H30ClFN4O3. The summed E-state index contributed by atoms with van der Waals surface area (Å²) in [6.07, 6.45) is 3.03. The van der Waals surface area contributed by atoms with Crippen LogP contribution in [0.15, 0.2) is 54.7 Å². The van der Waals surface area contributed by atoms with Gasteiger partial charge >= 0.3 is 0 Å². The van der Waals surface area contributed by atoms with Crippen molar-refractivity contribution in [2.75, 3.05) is 23.7 Å². The summed E-state index contributed by atoms with van der Waals surface area (Å²) in [4.78, 5) is 30.4. The molecule has 0 aliphatic carbocycles. The zero-order valence-corrected chi connectivity index (χ0v) is 21.8. The molecule has 37 heavy (non-hydrogen) atoms. The Morgan fingerprint density at radius 1 is 1.00 bits per heavy atom. The van der Waals surface area contributed by atoms with Crippen LogP contribution in [0, 0.1) is 5.82 Å². The quantitative estimate of drug-likeness (QED) is 0.378. The molecule has 1 saturated heterocycles. The van der Waals surface area contributed by atoms with E-state index in [1.165, 1.54) is 12.3 Å². The second-order valence-corrected chi connectivity index (χ2v) is 10.4. The van der Waals surface area contributed by atoms with Gasteiger partial charge in [-0.15, -0.1) is 0 Å². The van der Waals surface area contributed by atoms with Gasteiger partial charge in [0.15, 0.2) is 0 Å². The van der Waals surface area contributed by atoms with Crippen LogP contribution in [0.25, 0.3) is 0 Å². The molecule has 194 valence electrons. The molecular weight excluding hydrogens is 495 g/mol. The standard InChI is InChI=1S/C28H30ClFN4O3/c1-28(2,3)17-4-7-22(24(14-17)37-20-10-12-31-13-11-20)27(36)33-23-15-19(30)6-8-21(23)26(35)34-25-9-5-18(29)16-32-25/h4-9,14-16,20,31H,10-13H2,1-3H3,(H,33,36)(H,32,34,35). The fourth-order valence-corrected chi connectivity index (χ4v) is 4.12. The minimum absolute atomic E-state index is 0.0228. The highest BCUT2D eigenvalue weighted by Crippen LogP contribution is 2.31. The molecule has 3 aromatic rings. The van der Waals surface area contributed by atoms with Gasteiger partial charge < -0.3 is 20.7 Å². The Morgan fingerprint density at radius 3 is 2.38 bits per heavy atom. The summed E-state index contributed by atoms with van der Waals surface area (Å²) in [5.74, 6) is -0.921. The Labute approximate surface area is 220 Å². The van der Waals surface area contributed by atoms with Crippen molar-refractivity contribution in [2.24, 2.45) is 0 Å². The number of nitrogens with zero attached hydrogens (tertiary/aromatic N) is 1. The fraction of sp³-hybridized carbons (Fsp3) is 0.321. The number of carbonyl (C=O) groups is 2. The molecule has 0 saturated carbocycles. The molecule has 2 aromatic carbocycles. The second-order valence-electron chi connectivity index (χ2n) is 9.99. The molecule has 0 bridgehead atoms. The number of aromatic nitrogens is 1. The van der Waals surface area contributed by atoms with Crippen molar-refractivity contribution in [1.29, 1.82) is 0 Å². The van der Waals surface area contributed by atoms with Crippen molar-refractivity contribution in [2.45, 2.75) is 45.1 Å². The molecule has 0 atom stereocenters.